The van der Waals surface area contributed by atoms with E-state index in [2.05, 4.69) is 26.2 Å². The summed E-state index contributed by atoms with van der Waals surface area (Å²) in [7, 11) is 0. The van der Waals surface area contributed by atoms with Gasteiger partial charge in [-0.3, -0.25) is 4.79 Å². The Labute approximate surface area is 132 Å². The molecule has 1 amide bonds. The van der Waals surface area contributed by atoms with Gasteiger partial charge in [-0.2, -0.15) is 0 Å². The van der Waals surface area contributed by atoms with Crippen LogP contribution in [0.3, 0.4) is 0 Å². The third-order valence-electron chi connectivity index (χ3n) is 2.62. The van der Waals surface area contributed by atoms with Gasteiger partial charge in [0.25, 0.3) is 5.91 Å². The van der Waals surface area contributed by atoms with E-state index in [1.807, 2.05) is 41.8 Å². The van der Waals surface area contributed by atoms with Crippen LogP contribution in [0.15, 0.2) is 51.8 Å². The minimum atomic E-state index is -0.103. The maximum Gasteiger partial charge on any atom is 0.266 e. The van der Waals surface area contributed by atoms with Crippen molar-refractivity contribution in [3.05, 3.63) is 56.6 Å². The SMILES string of the molecule is O=C(Nc1sc(Br)nc1-c1ccccc1)c1cccs1. The van der Waals surface area contributed by atoms with Crippen LogP contribution in [0.2, 0.25) is 0 Å². The van der Waals surface area contributed by atoms with Crippen molar-refractivity contribution >= 4 is 49.5 Å². The average molecular weight is 365 g/mol. The van der Waals surface area contributed by atoms with Crippen LogP contribution in [0.4, 0.5) is 5.00 Å². The molecule has 3 aromatic rings. The molecule has 0 aliphatic carbocycles. The number of nitrogens with zero attached hydrogens (tertiary/aromatic N) is 1. The van der Waals surface area contributed by atoms with Crippen molar-refractivity contribution in [3.63, 3.8) is 0 Å². The Morgan fingerprint density at radius 3 is 2.65 bits per heavy atom. The van der Waals surface area contributed by atoms with E-state index in [-0.39, 0.29) is 5.91 Å². The summed E-state index contributed by atoms with van der Waals surface area (Å²) < 4.78 is 0.748. The summed E-state index contributed by atoms with van der Waals surface area (Å²) in [6.45, 7) is 0. The molecule has 0 atom stereocenters. The lowest BCUT2D eigenvalue weighted by atomic mass is 10.2. The number of carbonyl (C=O) groups is 1. The second-order valence-corrected chi connectivity index (χ2v) is 7.16. The van der Waals surface area contributed by atoms with Crippen molar-refractivity contribution in [3.8, 4) is 11.3 Å². The Kier molecular flexibility index (Phi) is 3.95. The quantitative estimate of drug-likeness (QED) is 0.718. The van der Waals surface area contributed by atoms with Crippen LogP contribution in [-0.2, 0) is 0 Å². The number of benzene rings is 1. The van der Waals surface area contributed by atoms with E-state index in [9.17, 15) is 4.79 Å². The summed E-state index contributed by atoms with van der Waals surface area (Å²) in [5.41, 5.74) is 1.77. The number of thiazole rings is 1. The highest BCUT2D eigenvalue weighted by atomic mass is 79.9. The predicted molar refractivity (Wildman–Crippen MR) is 87.5 cm³/mol. The third kappa shape index (κ3) is 2.82. The predicted octanol–water partition coefficient (Wildman–Crippen LogP) is 4.89. The van der Waals surface area contributed by atoms with E-state index >= 15 is 0 Å². The Morgan fingerprint density at radius 2 is 1.95 bits per heavy atom. The molecule has 3 rings (SSSR count). The summed E-state index contributed by atoms with van der Waals surface area (Å²) >= 11 is 6.21. The number of anilines is 1. The lowest BCUT2D eigenvalue weighted by Gasteiger charge is -2.03. The van der Waals surface area contributed by atoms with Crippen LogP contribution in [0, 0.1) is 0 Å². The molecule has 0 unspecified atom stereocenters. The summed E-state index contributed by atoms with van der Waals surface area (Å²) in [6.07, 6.45) is 0. The van der Waals surface area contributed by atoms with Crippen LogP contribution >= 0.6 is 38.6 Å². The van der Waals surface area contributed by atoms with Crippen molar-refractivity contribution in [2.24, 2.45) is 0 Å². The number of nitrogens with one attached hydrogen (secondary N) is 1. The Bertz CT molecular complexity index is 723. The Hall–Kier alpha value is -1.50. The zero-order valence-electron chi connectivity index (χ0n) is 10.2. The van der Waals surface area contributed by atoms with Gasteiger partial charge in [0.1, 0.15) is 10.7 Å². The minimum Gasteiger partial charge on any atom is -0.311 e. The molecule has 0 bridgehead atoms. The van der Waals surface area contributed by atoms with Crippen LogP contribution < -0.4 is 5.32 Å². The molecule has 1 aromatic carbocycles. The van der Waals surface area contributed by atoms with Gasteiger partial charge >= 0.3 is 0 Å². The number of thiophene rings is 1. The standard InChI is InChI=1S/C14H9BrN2OS2/c15-14-16-11(9-5-2-1-3-6-9)13(20-14)17-12(18)10-7-4-8-19-10/h1-8H,(H,17,18). The Morgan fingerprint density at radius 1 is 1.15 bits per heavy atom. The molecule has 0 aliphatic heterocycles. The fraction of sp³-hybridized carbons (Fsp3) is 0. The van der Waals surface area contributed by atoms with Crippen LogP contribution in [0.1, 0.15) is 9.67 Å². The minimum absolute atomic E-state index is 0.103. The highest BCUT2D eigenvalue weighted by Gasteiger charge is 2.15. The molecule has 100 valence electrons. The number of carbonyl (C=O) groups excluding carboxylic acids is 1. The van der Waals surface area contributed by atoms with Crippen molar-refractivity contribution in [2.45, 2.75) is 0 Å². The lowest BCUT2D eigenvalue weighted by molar-refractivity contribution is 0.103. The fourth-order valence-corrected chi connectivity index (χ4v) is 3.73. The monoisotopic (exact) mass is 364 g/mol. The zero-order valence-corrected chi connectivity index (χ0v) is 13.4. The normalized spacial score (nSPS) is 10.4. The summed E-state index contributed by atoms with van der Waals surface area (Å²) in [4.78, 5) is 17.3. The largest absolute Gasteiger partial charge is 0.311 e. The first kappa shape index (κ1) is 13.5. The van der Waals surface area contributed by atoms with Crippen molar-refractivity contribution < 1.29 is 4.79 Å². The maximum atomic E-state index is 12.1. The van der Waals surface area contributed by atoms with E-state index in [4.69, 9.17) is 0 Å². The van der Waals surface area contributed by atoms with Crippen LogP contribution in [0.25, 0.3) is 11.3 Å². The van der Waals surface area contributed by atoms with Crippen LogP contribution in [0.5, 0.6) is 0 Å². The van der Waals surface area contributed by atoms with Crippen molar-refractivity contribution in [1.82, 2.24) is 4.98 Å². The molecule has 0 fully saturated rings. The summed E-state index contributed by atoms with van der Waals surface area (Å²) in [5, 5.41) is 5.57. The van der Waals surface area contributed by atoms with Gasteiger partial charge in [-0.25, -0.2) is 4.98 Å². The molecular weight excluding hydrogens is 356 g/mol. The van der Waals surface area contributed by atoms with Crippen LogP contribution in [-0.4, -0.2) is 10.9 Å². The molecule has 6 heteroatoms. The van der Waals surface area contributed by atoms with Gasteiger partial charge in [0.2, 0.25) is 0 Å². The highest BCUT2D eigenvalue weighted by Crippen LogP contribution is 2.35. The molecule has 0 spiro atoms. The molecule has 0 aliphatic rings. The van der Waals surface area contributed by atoms with Gasteiger partial charge < -0.3 is 5.32 Å². The molecule has 20 heavy (non-hydrogen) atoms. The molecule has 0 saturated carbocycles. The first-order valence-corrected chi connectivity index (χ1v) is 8.29. The van der Waals surface area contributed by atoms with E-state index in [0.717, 1.165) is 20.2 Å². The third-order valence-corrected chi connectivity index (χ3v) is 4.91. The summed E-state index contributed by atoms with van der Waals surface area (Å²) in [5.74, 6) is -0.103. The van der Waals surface area contributed by atoms with Gasteiger partial charge in [0, 0.05) is 5.56 Å². The second kappa shape index (κ2) is 5.87. The smallest absolute Gasteiger partial charge is 0.266 e. The van der Waals surface area contributed by atoms with Gasteiger partial charge in [-0.1, -0.05) is 47.7 Å². The number of hydrogen-bond acceptors (Lipinski definition) is 4. The van der Waals surface area contributed by atoms with E-state index in [1.54, 1.807) is 6.07 Å². The van der Waals surface area contributed by atoms with Gasteiger partial charge in [0.05, 0.1) is 4.88 Å². The van der Waals surface area contributed by atoms with Gasteiger partial charge in [-0.15, -0.1) is 11.3 Å². The molecule has 1 N–H and O–H groups in total. The van der Waals surface area contributed by atoms with Crippen molar-refractivity contribution in [1.29, 1.82) is 0 Å². The lowest BCUT2D eigenvalue weighted by Crippen LogP contribution is -2.09. The van der Waals surface area contributed by atoms with Gasteiger partial charge in [0.15, 0.2) is 3.92 Å². The number of amides is 1. The highest BCUT2D eigenvalue weighted by molar-refractivity contribution is 9.11. The maximum absolute atomic E-state index is 12.1. The number of hydrogen-bond donors (Lipinski definition) is 1. The number of halogens is 1. The van der Waals surface area contributed by atoms with E-state index < -0.39 is 0 Å². The molecular formula is C14H9BrN2OS2. The average Bonchev–Trinajstić information content (AvgIpc) is 3.09. The zero-order chi connectivity index (χ0) is 13.9. The molecule has 2 aromatic heterocycles. The van der Waals surface area contributed by atoms with E-state index in [0.29, 0.717) is 4.88 Å². The second-order valence-electron chi connectivity index (χ2n) is 3.94. The molecule has 0 saturated heterocycles. The van der Waals surface area contributed by atoms with Gasteiger partial charge in [-0.05, 0) is 27.4 Å². The fourth-order valence-electron chi connectivity index (χ4n) is 1.74. The topological polar surface area (TPSA) is 42.0 Å². The van der Waals surface area contributed by atoms with Crippen molar-refractivity contribution in [2.75, 3.05) is 5.32 Å². The number of aromatic nitrogens is 1. The Balaban J connectivity index is 1.93. The van der Waals surface area contributed by atoms with E-state index in [1.165, 1.54) is 22.7 Å². The number of rotatable bonds is 3. The first-order valence-electron chi connectivity index (χ1n) is 5.80. The molecule has 0 radical (unpaired) electrons. The summed E-state index contributed by atoms with van der Waals surface area (Å²) in [6, 6.07) is 13.5. The molecule has 3 nitrogen and oxygen atoms in total. The first-order chi connectivity index (χ1) is 9.74. The molecule has 2 heterocycles.